The number of methoxy groups -OCH3 is 4. The molecule has 0 bridgehead atoms. The second-order valence-corrected chi connectivity index (χ2v) is 13.2. The van der Waals surface area contributed by atoms with Crippen molar-refractivity contribution >= 4 is 5.97 Å². The van der Waals surface area contributed by atoms with Gasteiger partial charge in [0.05, 0.1) is 52.1 Å². The molecule has 4 aromatic rings. The predicted molar refractivity (Wildman–Crippen MR) is 190 cm³/mol. The van der Waals surface area contributed by atoms with Crippen LogP contribution >= 0.6 is 0 Å². The van der Waals surface area contributed by atoms with E-state index in [1.807, 2.05) is 60.7 Å². The average Bonchev–Trinajstić information content (AvgIpc) is 3.58. The van der Waals surface area contributed by atoms with Crippen molar-refractivity contribution in [2.75, 3.05) is 41.7 Å². The van der Waals surface area contributed by atoms with E-state index in [-0.39, 0.29) is 35.5 Å². The maximum absolute atomic E-state index is 13.6. The maximum Gasteiger partial charge on any atom is 0.312 e. The van der Waals surface area contributed by atoms with Gasteiger partial charge in [0.15, 0.2) is 11.2 Å². The Morgan fingerprint density at radius 1 is 0.868 bits per heavy atom. The van der Waals surface area contributed by atoms with Crippen LogP contribution < -0.4 is 18.9 Å². The minimum atomic E-state index is -2.22. The standard InChI is InChI=1S/C41H44O12/c1-45-28-17-15-27(16-18-28)41-34(26-13-9-6-10-14-26)33(37(43)47-3)36(42)40(41,44)35-31(46-2)21-30(22-32(35)53-41)52-39-38(48-4)50-24-29(51-39)19-20-49-23-25-11-7-5-8-12-25/h5-18,21-22,29,33-34,36,38-39,42,44H,19-20,23-24H2,1-4H3/t29-,33+,34+,36+,38+,39-,40-,41-/m0/s1. The van der Waals surface area contributed by atoms with E-state index in [9.17, 15) is 15.0 Å². The van der Waals surface area contributed by atoms with Gasteiger partial charge in [0.2, 0.25) is 6.29 Å². The van der Waals surface area contributed by atoms with Gasteiger partial charge >= 0.3 is 5.97 Å². The number of aliphatic hydroxyl groups is 2. The number of hydrogen-bond donors (Lipinski definition) is 2. The van der Waals surface area contributed by atoms with Crippen LogP contribution in [0.2, 0.25) is 0 Å². The summed E-state index contributed by atoms with van der Waals surface area (Å²) < 4.78 is 53.5. The molecule has 2 N–H and O–H groups in total. The van der Waals surface area contributed by atoms with E-state index >= 15 is 0 Å². The smallest absolute Gasteiger partial charge is 0.312 e. The van der Waals surface area contributed by atoms with Gasteiger partial charge in [-0.15, -0.1) is 0 Å². The molecule has 0 spiro atoms. The molecule has 8 atom stereocenters. The van der Waals surface area contributed by atoms with E-state index in [0.29, 0.717) is 36.5 Å². The number of rotatable bonds is 13. The van der Waals surface area contributed by atoms with Crippen molar-refractivity contribution in [3.63, 3.8) is 0 Å². The van der Waals surface area contributed by atoms with E-state index in [2.05, 4.69) is 0 Å². The summed E-state index contributed by atoms with van der Waals surface area (Å²) in [6.45, 7) is 1.20. The lowest BCUT2D eigenvalue weighted by Crippen LogP contribution is -2.52. The molecule has 280 valence electrons. The third kappa shape index (κ3) is 6.39. The van der Waals surface area contributed by atoms with Gasteiger partial charge in [-0.25, -0.2) is 0 Å². The van der Waals surface area contributed by atoms with Crippen LogP contribution in [0.25, 0.3) is 0 Å². The summed E-state index contributed by atoms with van der Waals surface area (Å²) in [6.07, 6.45) is -3.32. The molecule has 1 saturated heterocycles. The van der Waals surface area contributed by atoms with Crippen LogP contribution in [0.4, 0.5) is 0 Å². The number of benzene rings is 4. The third-order valence-electron chi connectivity index (χ3n) is 10.4. The van der Waals surface area contributed by atoms with E-state index in [0.717, 1.165) is 5.56 Å². The van der Waals surface area contributed by atoms with Crippen molar-refractivity contribution in [3.05, 3.63) is 119 Å². The molecular weight excluding hydrogens is 684 g/mol. The molecule has 4 aromatic carbocycles. The Bertz CT molecular complexity index is 1850. The first kappa shape index (κ1) is 36.7. The number of carbonyl (C=O) groups excluding carboxylic acids is 1. The summed E-state index contributed by atoms with van der Waals surface area (Å²) in [4.78, 5) is 13.6. The summed E-state index contributed by atoms with van der Waals surface area (Å²) in [7, 11) is 5.74. The Morgan fingerprint density at radius 2 is 1.58 bits per heavy atom. The van der Waals surface area contributed by atoms with Gasteiger partial charge in [-0.1, -0.05) is 72.8 Å². The molecule has 12 nitrogen and oxygen atoms in total. The van der Waals surface area contributed by atoms with Gasteiger partial charge < -0.3 is 52.8 Å². The summed E-state index contributed by atoms with van der Waals surface area (Å²) in [5, 5.41) is 25.4. The van der Waals surface area contributed by atoms with Crippen molar-refractivity contribution in [1.82, 2.24) is 0 Å². The second kappa shape index (κ2) is 15.3. The number of carbonyl (C=O) groups is 1. The van der Waals surface area contributed by atoms with Crippen molar-refractivity contribution in [1.29, 1.82) is 0 Å². The Balaban J connectivity index is 1.24. The van der Waals surface area contributed by atoms with Crippen molar-refractivity contribution in [3.8, 4) is 23.0 Å². The first-order chi connectivity index (χ1) is 25.8. The lowest BCUT2D eigenvalue weighted by Gasteiger charge is -2.40. The van der Waals surface area contributed by atoms with E-state index in [1.54, 1.807) is 43.5 Å². The topological polar surface area (TPSA) is 141 Å². The second-order valence-electron chi connectivity index (χ2n) is 13.2. The highest BCUT2D eigenvalue weighted by atomic mass is 16.8. The molecule has 0 radical (unpaired) electrons. The largest absolute Gasteiger partial charge is 0.497 e. The fraction of sp³-hybridized carbons (Fsp3) is 0.390. The minimum Gasteiger partial charge on any atom is -0.497 e. The number of aliphatic hydroxyl groups excluding tert-OH is 1. The molecule has 0 amide bonds. The normalized spacial score (nSPS) is 28.7. The molecule has 0 unspecified atom stereocenters. The van der Waals surface area contributed by atoms with Crippen LogP contribution in [-0.2, 0) is 46.3 Å². The van der Waals surface area contributed by atoms with Gasteiger partial charge in [0.1, 0.15) is 29.1 Å². The Kier molecular flexibility index (Phi) is 10.6. The molecule has 2 aliphatic heterocycles. The van der Waals surface area contributed by atoms with E-state index in [4.69, 9.17) is 42.6 Å². The lowest BCUT2D eigenvalue weighted by molar-refractivity contribution is -0.313. The molecule has 7 rings (SSSR count). The summed E-state index contributed by atoms with van der Waals surface area (Å²) in [5.74, 6) is -1.69. The molecule has 1 aliphatic carbocycles. The van der Waals surface area contributed by atoms with Crippen LogP contribution in [0.1, 0.15) is 34.6 Å². The summed E-state index contributed by atoms with van der Waals surface area (Å²) >= 11 is 0. The highest BCUT2D eigenvalue weighted by Crippen LogP contribution is 2.70. The van der Waals surface area contributed by atoms with Gasteiger partial charge in [-0.05, 0) is 35.2 Å². The zero-order valence-electron chi connectivity index (χ0n) is 30.0. The van der Waals surface area contributed by atoms with Gasteiger partial charge in [-0.2, -0.15) is 0 Å². The van der Waals surface area contributed by atoms with Crippen LogP contribution in [0, 0.1) is 5.92 Å². The number of esters is 1. The van der Waals surface area contributed by atoms with Crippen LogP contribution in [0.3, 0.4) is 0 Å². The first-order valence-electron chi connectivity index (χ1n) is 17.5. The quantitative estimate of drug-likeness (QED) is 0.144. The van der Waals surface area contributed by atoms with Gasteiger partial charge in [0, 0.05) is 31.8 Å². The monoisotopic (exact) mass is 728 g/mol. The molecule has 1 saturated carbocycles. The number of hydrogen-bond acceptors (Lipinski definition) is 12. The highest BCUT2D eigenvalue weighted by Gasteiger charge is 2.78. The maximum atomic E-state index is 13.6. The Hall–Kier alpha value is -4.69. The van der Waals surface area contributed by atoms with Crippen molar-refractivity contribution in [2.24, 2.45) is 5.92 Å². The predicted octanol–water partition coefficient (Wildman–Crippen LogP) is 4.83. The molecule has 2 heterocycles. The van der Waals surface area contributed by atoms with E-state index in [1.165, 1.54) is 21.3 Å². The number of fused-ring (bicyclic) bond motifs is 3. The summed E-state index contributed by atoms with van der Waals surface area (Å²) in [6, 6.07) is 29.2. The zero-order valence-corrected chi connectivity index (χ0v) is 30.0. The molecule has 53 heavy (non-hydrogen) atoms. The first-order valence-corrected chi connectivity index (χ1v) is 17.5. The fourth-order valence-electron chi connectivity index (χ4n) is 7.95. The molecular formula is C41H44O12. The fourth-order valence-corrected chi connectivity index (χ4v) is 7.95. The third-order valence-corrected chi connectivity index (χ3v) is 10.4. The molecule has 2 fully saturated rings. The van der Waals surface area contributed by atoms with Crippen molar-refractivity contribution < 1.29 is 57.6 Å². The minimum absolute atomic E-state index is 0.153. The number of ether oxygens (including phenoxy) is 9. The average molecular weight is 729 g/mol. The van der Waals surface area contributed by atoms with Gasteiger partial charge in [0.25, 0.3) is 6.29 Å². The highest BCUT2D eigenvalue weighted by molar-refractivity contribution is 5.78. The van der Waals surface area contributed by atoms with E-state index < -0.39 is 47.7 Å². The summed E-state index contributed by atoms with van der Waals surface area (Å²) in [5.41, 5.74) is -1.61. The zero-order chi connectivity index (χ0) is 37.2. The SMILES string of the molecule is COC(=O)[C@H]1[C@@H](O)[C@@]2(O)c3c(OC)cc(O[C@@H]4O[C@@H](CCOCc5ccccc5)CO[C@H]4OC)cc3O[C@@]2(c2ccc(OC)cc2)[C@@H]1c1ccccc1. The van der Waals surface area contributed by atoms with Crippen molar-refractivity contribution in [2.45, 2.75) is 54.9 Å². The molecule has 3 aliphatic rings. The molecule has 0 aromatic heterocycles. The van der Waals surface area contributed by atoms with Crippen LogP contribution in [0.5, 0.6) is 23.0 Å². The lowest BCUT2D eigenvalue weighted by atomic mass is 9.70. The van der Waals surface area contributed by atoms with Crippen LogP contribution in [0.15, 0.2) is 97.1 Å². The Morgan fingerprint density at radius 3 is 2.25 bits per heavy atom. The Labute approximate surface area is 308 Å². The van der Waals surface area contributed by atoms with Gasteiger partial charge in [-0.3, -0.25) is 4.79 Å². The molecule has 12 heteroatoms. The van der Waals surface area contributed by atoms with Crippen LogP contribution in [-0.4, -0.2) is 82.6 Å².